The quantitative estimate of drug-likeness (QED) is 0.258. The number of rotatable bonds is 9. The molecule has 1 heterocycles. The summed E-state index contributed by atoms with van der Waals surface area (Å²) in [6.45, 7) is 0. The Morgan fingerprint density at radius 1 is 0.947 bits per heavy atom. The number of halogens is 2. The van der Waals surface area contributed by atoms with Crippen molar-refractivity contribution in [3.8, 4) is 5.75 Å². The van der Waals surface area contributed by atoms with E-state index in [0.717, 1.165) is 11.3 Å². The smallest absolute Gasteiger partial charge is 0.264 e. The molecule has 3 aromatic carbocycles. The molecule has 0 fully saturated rings. The predicted molar refractivity (Wildman–Crippen MR) is 150 cm³/mol. The van der Waals surface area contributed by atoms with E-state index >= 15 is 0 Å². The molecule has 38 heavy (non-hydrogen) atoms. The molecule has 0 saturated carbocycles. The van der Waals surface area contributed by atoms with Crippen molar-refractivity contribution in [2.24, 2.45) is 0 Å². The normalized spacial score (nSPS) is 11.3. The minimum atomic E-state index is -3.95. The second-order valence-electron chi connectivity index (χ2n) is 8.01. The molecule has 1 amide bonds. The predicted octanol–water partition coefficient (Wildman–Crippen LogP) is 5.94. The number of aromatic nitrogens is 2. The van der Waals surface area contributed by atoms with Gasteiger partial charge in [0.05, 0.1) is 34.2 Å². The van der Waals surface area contributed by atoms with Crippen LogP contribution in [0.1, 0.15) is 16.8 Å². The van der Waals surface area contributed by atoms with Crippen LogP contribution in [0.3, 0.4) is 0 Å². The lowest BCUT2D eigenvalue weighted by Gasteiger charge is -2.09. The number of amides is 1. The van der Waals surface area contributed by atoms with Gasteiger partial charge >= 0.3 is 0 Å². The third-order valence-electron chi connectivity index (χ3n) is 5.27. The summed E-state index contributed by atoms with van der Waals surface area (Å²) >= 11 is 11.9. The Kier molecular flexibility index (Phi) is 8.62. The van der Waals surface area contributed by atoms with E-state index in [0.29, 0.717) is 27.0 Å². The van der Waals surface area contributed by atoms with Gasteiger partial charge in [0.1, 0.15) is 5.75 Å². The Bertz CT molecular complexity index is 1580. The fraction of sp³-hybridized carbons (Fsp3) is 0.0741. The lowest BCUT2D eigenvalue weighted by atomic mass is 10.1. The van der Waals surface area contributed by atoms with Gasteiger partial charge < -0.3 is 10.1 Å². The van der Waals surface area contributed by atoms with Gasteiger partial charge in [-0.3, -0.25) is 4.79 Å². The minimum absolute atomic E-state index is 0.00826. The molecule has 0 unspecified atom stereocenters. The number of nitrogens with zero attached hydrogens (tertiary/aromatic N) is 2. The standard InChI is InChI=1S/C27H22Cl2N4O4S/c1-37-22-9-3-18(4-10-22)2-7-20-14-15-30-27(32-20)33-38(35,36)23-11-5-19(6-12-23)16-26(34)31-21-8-13-24(28)25(29)17-21/h2-15,17H,16H2,1H3,(H,31,34)(H,30,32,33)/b7-2+. The summed E-state index contributed by atoms with van der Waals surface area (Å²) in [6.07, 6.45) is 5.10. The van der Waals surface area contributed by atoms with Crippen LogP contribution >= 0.6 is 23.2 Å². The number of nitrogens with one attached hydrogen (secondary N) is 2. The zero-order valence-corrected chi connectivity index (χ0v) is 22.4. The van der Waals surface area contributed by atoms with Crippen LogP contribution in [0, 0.1) is 0 Å². The zero-order chi connectivity index (χ0) is 27.1. The van der Waals surface area contributed by atoms with Crippen molar-refractivity contribution >= 4 is 62.9 Å². The molecule has 0 aliphatic rings. The van der Waals surface area contributed by atoms with Gasteiger partial charge in [-0.15, -0.1) is 0 Å². The van der Waals surface area contributed by atoms with Gasteiger partial charge in [-0.1, -0.05) is 53.5 Å². The number of benzene rings is 3. The van der Waals surface area contributed by atoms with Gasteiger partial charge in [-0.25, -0.2) is 23.1 Å². The first kappa shape index (κ1) is 27.1. The molecular weight excluding hydrogens is 547 g/mol. The molecule has 0 aliphatic carbocycles. The first-order valence-electron chi connectivity index (χ1n) is 11.2. The fourth-order valence-electron chi connectivity index (χ4n) is 3.34. The number of carbonyl (C=O) groups excluding carboxylic acids is 1. The van der Waals surface area contributed by atoms with Crippen LogP contribution in [0.15, 0.2) is 83.9 Å². The van der Waals surface area contributed by atoms with Crippen LogP contribution in [-0.4, -0.2) is 31.4 Å². The van der Waals surface area contributed by atoms with Crippen LogP contribution in [0.5, 0.6) is 5.75 Å². The number of sulfonamides is 1. The molecule has 0 atom stereocenters. The Balaban J connectivity index is 1.38. The second kappa shape index (κ2) is 12.1. The van der Waals surface area contributed by atoms with Crippen molar-refractivity contribution in [1.82, 2.24) is 9.97 Å². The topological polar surface area (TPSA) is 110 Å². The maximum absolute atomic E-state index is 12.9. The summed E-state index contributed by atoms with van der Waals surface area (Å²) in [6, 6.07) is 19.9. The first-order chi connectivity index (χ1) is 18.2. The highest BCUT2D eigenvalue weighted by Gasteiger charge is 2.16. The lowest BCUT2D eigenvalue weighted by molar-refractivity contribution is -0.115. The molecule has 194 valence electrons. The van der Waals surface area contributed by atoms with Crippen molar-refractivity contribution in [3.63, 3.8) is 0 Å². The number of hydrogen-bond acceptors (Lipinski definition) is 6. The van der Waals surface area contributed by atoms with Crippen LogP contribution in [0.25, 0.3) is 12.2 Å². The van der Waals surface area contributed by atoms with Crippen LogP contribution in [-0.2, 0) is 21.2 Å². The largest absolute Gasteiger partial charge is 0.497 e. The first-order valence-corrected chi connectivity index (χ1v) is 13.5. The molecular formula is C27H22Cl2N4O4S. The summed E-state index contributed by atoms with van der Waals surface area (Å²) in [5.74, 6) is 0.400. The van der Waals surface area contributed by atoms with Crippen molar-refractivity contribution in [2.45, 2.75) is 11.3 Å². The molecule has 4 rings (SSSR count). The third-order valence-corrected chi connectivity index (χ3v) is 7.35. The molecule has 0 aliphatic heterocycles. The molecule has 8 nitrogen and oxygen atoms in total. The fourth-order valence-corrected chi connectivity index (χ4v) is 4.59. The van der Waals surface area contributed by atoms with Gasteiger partial charge in [0.15, 0.2) is 0 Å². The zero-order valence-electron chi connectivity index (χ0n) is 20.1. The Morgan fingerprint density at radius 3 is 2.37 bits per heavy atom. The number of methoxy groups -OCH3 is 1. The van der Waals surface area contributed by atoms with E-state index in [-0.39, 0.29) is 23.2 Å². The molecule has 11 heteroatoms. The number of carbonyl (C=O) groups is 1. The summed E-state index contributed by atoms with van der Waals surface area (Å²) < 4.78 is 33.3. The highest BCUT2D eigenvalue weighted by atomic mass is 35.5. The van der Waals surface area contributed by atoms with Crippen molar-refractivity contribution in [1.29, 1.82) is 0 Å². The summed E-state index contributed by atoms with van der Waals surface area (Å²) in [4.78, 5) is 20.6. The molecule has 0 bridgehead atoms. The van der Waals surface area contributed by atoms with Gasteiger partial charge in [-0.05, 0) is 65.7 Å². The van der Waals surface area contributed by atoms with E-state index < -0.39 is 10.0 Å². The van der Waals surface area contributed by atoms with E-state index in [9.17, 15) is 13.2 Å². The van der Waals surface area contributed by atoms with E-state index in [1.165, 1.54) is 18.3 Å². The monoisotopic (exact) mass is 568 g/mol. The third kappa shape index (κ3) is 7.32. The number of ether oxygens (including phenoxy) is 1. The minimum Gasteiger partial charge on any atom is -0.497 e. The second-order valence-corrected chi connectivity index (χ2v) is 10.5. The van der Waals surface area contributed by atoms with Gasteiger partial charge in [-0.2, -0.15) is 0 Å². The Labute approximate surface area is 230 Å². The van der Waals surface area contributed by atoms with Crippen LogP contribution in [0.2, 0.25) is 10.0 Å². The Morgan fingerprint density at radius 2 is 1.68 bits per heavy atom. The van der Waals surface area contributed by atoms with E-state index in [2.05, 4.69) is 20.0 Å². The number of anilines is 2. The summed E-state index contributed by atoms with van der Waals surface area (Å²) in [5, 5.41) is 3.44. The molecule has 0 radical (unpaired) electrons. The average molecular weight is 569 g/mol. The molecule has 0 spiro atoms. The van der Waals surface area contributed by atoms with Crippen molar-refractivity contribution in [2.75, 3.05) is 17.1 Å². The summed E-state index contributed by atoms with van der Waals surface area (Å²) in [5.41, 5.74) is 2.59. The van der Waals surface area contributed by atoms with E-state index in [1.807, 2.05) is 30.3 Å². The van der Waals surface area contributed by atoms with Crippen molar-refractivity contribution < 1.29 is 17.9 Å². The molecule has 2 N–H and O–H groups in total. The average Bonchev–Trinajstić information content (AvgIpc) is 2.90. The highest BCUT2D eigenvalue weighted by molar-refractivity contribution is 7.92. The van der Waals surface area contributed by atoms with Gasteiger partial charge in [0.2, 0.25) is 11.9 Å². The van der Waals surface area contributed by atoms with Gasteiger partial charge in [0, 0.05) is 11.9 Å². The van der Waals surface area contributed by atoms with Crippen LogP contribution < -0.4 is 14.8 Å². The highest BCUT2D eigenvalue weighted by Crippen LogP contribution is 2.25. The van der Waals surface area contributed by atoms with Crippen molar-refractivity contribution in [3.05, 3.63) is 106 Å². The Hall–Kier alpha value is -3.92. The maximum atomic E-state index is 12.9. The summed E-state index contributed by atoms with van der Waals surface area (Å²) in [7, 11) is -2.35. The molecule has 4 aromatic rings. The van der Waals surface area contributed by atoms with Gasteiger partial charge in [0.25, 0.3) is 10.0 Å². The maximum Gasteiger partial charge on any atom is 0.264 e. The van der Waals surface area contributed by atoms with E-state index in [4.69, 9.17) is 27.9 Å². The van der Waals surface area contributed by atoms with Crippen LogP contribution in [0.4, 0.5) is 11.6 Å². The molecule has 0 saturated heterocycles. The van der Waals surface area contributed by atoms with E-state index in [1.54, 1.807) is 49.6 Å². The lowest BCUT2D eigenvalue weighted by Crippen LogP contribution is -2.16. The SMILES string of the molecule is COc1ccc(/C=C/c2ccnc(NS(=O)(=O)c3ccc(CC(=O)Nc4ccc(Cl)c(Cl)c4)cc3)n2)cc1. The molecule has 1 aromatic heterocycles. The number of hydrogen-bond donors (Lipinski definition) is 2.